The summed E-state index contributed by atoms with van der Waals surface area (Å²) in [4.78, 5) is 0. The van der Waals surface area contributed by atoms with Crippen LogP contribution in [0.25, 0.3) is 0 Å². The minimum absolute atomic E-state index is 0.208. The monoisotopic (exact) mass is 146 g/mol. The first kappa shape index (κ1) is 8.56. The van der Waals surface area contributed by atoms with Crippen molar-refractivity contribution >= 4 is 16.9 Å². The summed E-state index contributed by atoms with van der Waals surface area (Å²) in [7, 11) is 0. The lowest BCUT2D eigenvalue weighted by Gasteiger charge is -2.13. The lowest BCUT2D eigenvalue weighted by molar-refractivity contribution is 1.33. The van der Waals surface area contributed by atoms with Gasteiger partial charge in [-0.1, -0.05) is 6.58 Å². The quantitative estimate of drug-likeness (QED) is 0.306. The predicted molar refractivity (Wildman–Crippen MR) is 46.5 cm³/mol. The third-order valence-corrected chi connectivity index (χ3v) is 1.43. The highest BCUT2D eigenvalue weighted by Crippen LogP contribution is 2.06. The minimum atomic E-state index is -0.208. The molecule has 0 fully saturated rings. The van der Waals surface area contributed by atoms with Crippen LogP contribution in [0.2, 0.25) is 0 Å². The number of nitrogens with one attached hydrogen (secondary N) is 2. The molecule has 54 valence electrons. The molecule has 0 saturated heterocycles. The molecule has 0 aromatic carbocycles. The normalized spacial score (nSPS) is 10.3. The topological polar surface area (TPSA) is 35.9 Å². The van der Waals surface area contributed by atoms with Crippen molar-refractivity contribution in [3.8, 4) is 0 Å². The first-order valence-electron chi connectivity index (χ1n) is 2.72. The molecule has 0 rings (SSSR count). The molecule has 3 heteroatoms. The van der Waals surface area contributed by atoms with E-state index in [4.69, 9.17) is 5.41 Å². The summed E-state index contributed by atoms with van der Waals surface area (Å²) in [6.45, 7) is 5.46. The number of hydrogen-bond acceptors (Lipinski definition) is 1. The SMILES string of the molecule is C=C(C)C(=N)N[SH](C)C. The van der Waals surface area contributed by atoms with Crippen LogP contribution in [0.5, 0.6) is 0 Å². The summed E-state index contributed by atoms with van der Waals surface area (Å²) in [6, 6.07) is 0. The highest BCUT2D eigenvalue weighted by Gasteiger charge is 1.94. The lowest BCUT2D eigenvalue weighted by Crippen LogP contribution is -2.18. The molecular formula is C6H14N2S. The Morgan fingerprint density at radius 1 is 1.56 bits per heavy atom. The highest BCUT2D eigenvalue weighted by molar-refractivity contribution is 8.14. The average molecular weight is 146 g/mol. The minimum Gasteiger partial charge on any atom is -0.336 e. The Kier molecular flexibility index (Phi) is 3.39. The van der Waals surface area contributed by atoms with Crippen molar-refractivity contribution in [2.24, 2.45) is 0 Å². The van der Waals surface area contributed by atoms with Crippen LogP contribution in [0.3, 0.4) is 0 Å². The molecule has 0 unspecified atom stereocenters. The van der Waals surface area contributed by atoms with Gasteiger partial charge in [-0.3, -0.25) is 5.41 Å². The second-order valence-electron chi connectivity index (χ2n) is 2.16. The van der Waals surface area contributed by atoms with Crippen LogP contribution >= 0.6 is 11.1 Å². The van der Waals surface area contributed by atoms with Crippen molar-refractivity contribution in [1.29, 1.82) is 5.41 Å². The van der Waals surface area contributed by atoms with Gasteiger partial charge in [-0.25, -0.2) is 0 Å². The van der Waals surface area contributed by atoms with Gasteiger partial charge in [-0.15, -0.1) is 0 Å². The molecule has 0 aliphatic carbocycles. The lowest BCUT2D eigenvalue weighted by atomic mass is 10.3. The maximum absolute atomic E-state index is 7.28. The second kappa shape index (κ2) is 3.56. The smallest absolute Gasteiger partial charge is 0.128 e. The van der Waals surface area contributed by atoms with Gasteiger partial charge in [0, 0.05) is 0 Å². The summed E-state index contributed by atoms with van der Waals surface area (Å²) in [5.41, 5.74) is 0.797. The first-order chi connectivity index (χ1) is 4.04. The molecule has 0 aliphatic heterocycles. The van der Waals surface area contributed by atoms with Gasteiger partial charge in [-0.2, -0.15) is 11.1 Å². The zero-order chi connectivity index (χ0) is 7.44. The third-order valence-electron chi connectivity index (χ3n) is 0.762. The Bertz CT molecular complexity index is 129. The van der Waals surface area contributed by atoms with Gasteiger partial charge in [0.25, 0.3) is 0 Å². The average Bonchev–Trinajstić information content (AvgIpc) is 1.63. The van der Waals surface area contributed by atoms with Crippen molar-refractivity contribution in [2.75, 3.05) is 12.5 Å². The van der Waals surface area contributed by atoms with Crippen LogP contribution in [0.1, 0.15) is 6.92 Å². The van der Waals surface area contributed by atoms with Crippen LogP contribution in [-0.2, 0) is 0 Å². The maximum Gasteiger partial charge on any atom is 0.128 e. The molecule has 0 aromatic rings. The van der Waals surface area contributed by atoms with Crippen LogP contribution in [0, 0.1) is 5.41 Å². The Morgan fingerprint density at radius 2 is 2.00 bits per heavy atom. The molecule has 0 atom stereocenters. The zero-order valence-electron chi connectivity index (χ0n) is 6.15. The standard InChI is InChI=1S/C6H14N2S/c1-5(2)6(7)8-9(3)4/h9H,1H2,2-4H3,(H2,7,8). The zero-order valence-corrected chi connectivity index (χ0v) is 7.05. The largest absolute Gasteiger partial charge is 0.336 e. The molecule has 0 saturated carbocycles. The fourth-order valence-corrected chi connectivity index (χ4v) is 0.957. The highest BCUT2D eigenvalue weighted by atomic mass is 32.2. The second-order valence-corrected chi connectivity index (χ2v) is 4.17. The maximum atomic E-state index is 7.28. The van der Waals surface area contributed by atoms with Crippen LogP contribution in [0.15, 0.2) is 12.2 Å². The van der Waals surface area contributed by atoms with Gasteiger partial charge in [0.1, 0.15) is 5.84 Å². The molecular weight excluding hydrogens is 132 g/mol. The Labute approximate surface area is 59.3 Å². The molecule has 9 heavy (non-hydrogen) atoms. The number of amidine groups is 1. The van der Waals surface area contributed by atoms with Crippen molar-refractivity contribution < 1.29 is 0 Å². The third kappa shape index (κ3) is 4.09. The summed E-state index contributed by atoms with van der Waals surface area (Å²) >= 11 is -0.208. The van der Waals surface area contributed by atoms with Crippen LogP contribution in [-0.4, -0.2) is 18.3 Å². The van der Waals surface area contributed by atoms with E-state index in [0.717, 1.165) is 5.57 Å². The van der Waals surface area contributed by atoms with E-state index < -0.39 is 0 Å². The van der Waals surface area contributed by atoms with Gasteiger partial charge in [0.15, 0.2) is 0 Å². The fourth-order valence-electron chi connectivity index (χ4n) is 0.319. The van der Waals surface area contributed by atoms with Crippen molar-refractivity contribution in [3.05, 3.63) is 12.2 Å². The molecule has 2 nitrogen and oxygen atoms in total. The van der Waals surface area contributed by atoms with E-state index in [2.05, 4.69) is 23.8 Å². The number of thiol groups is 1. The Balaban J connectivity index is 3.65. The van der Waals surface area contributed by atoms with E-state index in [1.165, 1.54) is 0 Å². The molecule has 0 aliphatic rings. The van der Waals surface area contributed by atoms with Crippen LogP contribution < -0.4 is 4.72 Å². The van der Waals surface area contributed by atoms with Gasteiger partial charge in [0.2, 0.25) is 0 Å². The van der Waals surface area contributed by atoms with Gasteiger partial charge >= 0.3 is 0 Å². The van der Waals surface area contributed by atoms with E-state index in [1.54, 1.807) is 0 Å². The summed E-state index contributed by atoms with van der Waals surface area (Å²) in [6.07, 6.45) is 4.12. The molecule has 0 radical (unpaired) electrons. The molecule has 2 N–H and O–H groups in total. The van der Waals surface area contributed by atoms with Gasteiger partial charge < -0.3 is 4.72 Å². The van der Waals surface area contributed by atoms with Crippen LogP contribution in [0.4, 0.5) is 0 Å². The number of rotatable bonds is 2. The molecule has 0 amide bonds. The van der Waals surface area contributed by atoms with E-state index in [0.29, 0.717) is 5.84 Å². The Morgan fingerprint density at radius 3 is 2.11 bits per heavy atom. The van der Waals surface area contributed by atoms with Crippen molar-refractivity contribution in [3.63, 3.8) is 0 Å². The van der Waals surface area contributed by atoms with E-state index in [-0.39, 0.29) is 11.1 Å². The van der Waals surface area contributed by atoms with Crippen molar-refractivity contribution in [1.82, 2.24) is 4.72 Å². The Hall–Kier alpha value is -0.440. The number of hydrogen-bond donors (Lipinski definition) is 3. The molecule has 0 heterocycles. The summed E-state index contributed by atoms with van der Waals surface area (Å²) in [5.74, 6) is 0.464. The van der Waals surface area contributed by atoms with E-state index >= 15 is 0 Å². The molecule has 0 bridgehead atoms. The summed E-state index contributed by atoms with van der Waals surface area (Å²) < 4.78 is 2.99. The molecule has 0 aromatic heterocycles. The van der Waals surface area contributed by atoms with E-state index in [9.17, 15) is 0 Å². The predicted octanol–water partition coefficient (Wildman–Crippen LogP) is 1.31. The van der Waals surface area contributed by atoms with E-state index in [1.807, 2.05) is 6.92 Å². The van der Waals surface area contributed by atoms with Crippen molar-refractivity contribution in [2.45, 2.75) is 6.92 Å². The van der Waals surface area contributed by atoms with Gasteiger partial charge in [0.05, 0.1) is 0 Å². The van der Waals surface area contributed by atoms with Gasteiger partial charge in [-0.05, 0) is 25.0 Å². The molecule has 0 spiro atoms. The fraction of sp³-hybridized carbons (Fsp3) is 0.500. The summed E-state index contributed by atoms with van der Waals surface area (Å²) in [5, 5.41) is 7.28. The first-order valence-corrected chi connectivity index (χ1v) is 4.96.